The van der Waals surface area contributed by atoms with Gasteiger partial charge in [-0.2, -0.15) is 0 Å². The lowest BCUT2D eigenvalue weighted by atomic mass is 9.88. The normalized spacial score (nSPS) is 18.2. The van der Waals surface area contributed by atoms with Gasteiger partial charge >= 0.3 is 5.91 Å². The van der Waals surface area contributed by atoms with E-state index in [1.165, 1.54) is 0 Å². The fourth-order valence-electron chi connectivity index (χ4n) is 2.28. The van der Waals surface area contributed by atoms with Crippen molar-refractivity contribution in [2.24, 2.45) is 4.99 Å². The summed E-state index contributed by atoms with van der Waals surface area (Å²) in [4.78, 5) is 27.7. The number of hydrogen-bond acceptors (Lipinski definition) is 2. The first-order valence-electron chi connectivity index (χ1n) is 6.14. The molecule has 3 rings (SSSR count). The van der Waals surface area contributed by atoms with E-state index in [9.17, 15) is 9.59 Å². The topological polar surface area (TPSA) is 46.5 Å². The van der Waals surface area contributed by atoms with Crippen molar-refractivity contribution < 1.29 is 9.59 Å². The Morgan fingerprint density at radius 1 is 0.900 bits per heavy atom. The molecule has 2 aromatic carbocycles. The van der Waals surface area contributed by atoms with Crippen molar-refractivity contribution >= 4 is 33.3 Å². The van der Waals surface area contributed by atoms with Gasteiger partial charge in [0.15, 0.2) is 0 Å². The molecule has 1 aliphatic rings. The molecule has 0 saturated carbocycles. The number of carbonyl (C=O) groups is 2. The molecule has 0 aliphatic carbocycles. The number of amides is 1. The quantitative estimate of drug-likeness (QED) is 0.795. The number of halogens is 1. The molecule has 4 heteroatoms. The molecule has 1 unspecified atom stereocenters. The highest BCUT2D eigenvalue weighted by Crippen LogP contribution is 2.28. The van der Waals surface area contributed by atoms with E-state index in [0.29, 0.717) is 5.71 Å². The van der Waals surface area contributed by atoms with E-state index in [0.717, 1.165) is 15.6 Å². The predicted molar refractivity (Wildman–Crippen MR) is 79.9 cm³/mol. The van der Waals surface area contributed by atoms with Gasteiger partial charge in [-0.15, -0.1) is 0 Å². The molecule has 0 bridgehead atoms. The Morgan fingerprint density at radius 3 is 2.20 bits per heavy atom. The third-order valence-corrected chi connectivity index (χ3v) is 3.77. The molecule has 0 aromatic heterocycles. The Hall–Kier alpha value is -2.07. The van der Waals surface area contributed by atoms with E-state index in [1.807, 2.05) is 54.6 Å². The molecule has 1 aliphatic heterocycles. The van der Waals surface area contributed by atoms with Gasteiger partial charge in [-0.1, -0.05) is 58.4 Å². The second kappa shape index (κ2) is 5.13. The van der Waals surface area contributed by atoms with E-state index >= 15 is 0 Å². The molecule has 3 nitrogen and oxygen atoms in total. The zero-order valence-electron chi connectivity index (χ0n) is 10.4. The Morgan fingerprint density at radius 2 is 1.55 bits per heavy atom. The van der Waals surface area contributed by atoms with E-state index in [4.69, 9.17) is 0 Å². The summed E-state index contributed by atoms with van der Waals surface area (Å²) in [5, 5.41) is 0. The highest BCUT2D eigenvalue weighted by molar-refractivity contribution is 9.10. The van der Waals surface area contributed by atoms with Gasteiger partial charge in [-0.3, -0.25) is 9.59 Å². The zero-order valence-corrected chi connectivity index (χ0v) is 12.0. The van der Waals surface area contributed by atoms with Gasteiger partial charge in [0.05, 0.1) is 11.6 Å². The fraction of sp³-hybridized carbons (Fsp3) is 0.0625. The maximum absolute atomic E-state index is 12.1. The van der Waals surface area contributed by atoms with Crippen LogP contribution in [0.5, 0.6) is 0 Å². The van der Waals surface area contributed by atoms with Crippen molar-refractivity contribution in [2.45, 2.75) is 5.92 Å². The maximum Gasteiger partial charge on any atom is 0.314 e. The van der Waals surface area contributed by atoms with Crippen LogP contribution < -0.4 is 0 Å². The van der Waals surface area contributed by atoms with E-state index in [2.05, 4.69) is 20.9 Å². The van der Waals surface area contributed by atoms with Gasteiger partial charge in [0.1, 0.15) is 0 Å². The molecule has 1 heterocycles. The first kappa shape index (κ1) is 12.9. The number of hydrogen-bond donors (Lipinski definition) is 0. The molecule has 1 atom stereocenters. The van der Waals surface area contributed by atoms with E-state index < -0.39 is 17.6 Å². The first-order valence-corrected chi connectivity index (χ1v) is 6.94. The lowest BCUT2D eigenvalue weighted by molar-refractivity contribution is -0.134. The summed E-state index contributed by atoms with van der Waals surface area (Å²) in [5.41, 5.74) is 2.12. The second-order valence-corrected chi connectivity index (χ2v) is 5.43. The molecule has 0 N–H and O–H groups in total. The molecule has 2 aromatic rings. The number of ketones is 1. The van der Waals surface area contributed by atoms with Gasteiger partial charge in [-0.25, -0.2) is 4.99 Å². The van der Waals surface area contributed by atoms with Crippen LogP contribution in [0.25, 0.3) is 0 Å². The third kappa shape index (κ3) is 2.23. The van der Waals surface area contributed by atoms with E-state index in [-0.39, 0.29) is 0 Å². The molecule has 0 fully saturated rings. The molecule has 0 spiro atoms. The van der Waals surface area contributed by atoms with Crippen LogP contribution in [-0.4, -0.2) is 17.4 Å². The standard InChI is InChI=1S/C16H10BrNO2/c17-12-8-6-11(7-9-12)14-13(15(19)16(20)18-14)10-4-2-1-3-5-10/h1-9,13H. The van der Waals surface area contributed by atoms with Gasteiger partial charge in [-0.05, 0) is 23.3 Å². The number of aliphatic imine (C=N–C) groups is 1. The fourth-order valence-corrected chi connectivity index (χ4v) is 2.55. The summed E-state index contributed by atoms with van der Waals surface area (Å²) >= 11 is 3.36. The maximum atomic E-state index is 12.1. The van der Waals surface area contributed by atoms with Crippen LogP contribution in [0, 0.1) is 0 Å². The highest BCUT2D eigenvalue weighted by atomic mass is 79.9. The summed E-state index contributed by atoms with van der Waals surface area (Å²) in [6.45, 7) is 0. The largest absolute Gasteiger partial charge is 0.314 e. The van der Waals surface area contributed by atoms with Gasteiger partial charge in [0.25, 0.3) is 0 Å². The van der Waals surface area contributed by atoms with Crippen molar-refractivity contribution in [3.05, 3.63) is 70.2 Å². The van der Waals surface area contributed by atoms with Crippen molar-refractivity contribution in [1.29, 1.82) is 0 Å². The number of nitrogens with zero attached hydrogens (tertiary/aromatic N) is 1. The van der Waals surface area contributed by atoms with Crippen LogP contribution in [0.1, 0.15) is 17.0 Å². The molecule has 98 valence electrons. The Balaban J connectivity index is 2.08. The van der Waals surface area contributed by atoms with Crippen molar-refractivity contribution in [1.82, 2.24) is 0 Å². The summed E-state index contributed by atoms with van der Waals surface area (Å²) in [5.74, 6) is -1.73. The predicted octanol–water partition coefficient (Wildman–Crippen LogP) is 3.13. The zero-order chi connectivity index (χ0) is 14.1. The summed E-state index contributed by atoms with van der Waals surface area (Å²) in [6.07, 6.45) is 0. The van der Waals surface area contributed by atoms with Gasteiger partial charge in [0, 0.05) is 4.47 Å². The summed E-state index contributed by atoms with van der Waals surface area (Å²) in [7, 11) is 0. The van der Waals surface area contributed by atoms with Crippen LogP contribution >= 0.6 is 15.9 Å². The molecular formula is C16H10BrNO2. The average molecular weight is 328 g/mol. The summed E-state index contributed by atoms with van der Waals surface area (Å²) in [6, 6.07) is 16.7. The minimum absolute atomic E-state index is 0.464. The summed E-state index contributed by atoms with van der Waals surface area (Å²) < 4.78 is 0.939. The number of Topliss-reactive ketones (excluding diaryl/α,β-unsaturated/α-hetero) is 1. The van der Waals surface area contributed by atoms with Crippen LogP contribution in [0.3, 0.4) is 0 Å². The van der Waals surface area contributed by atoms with Gasteiger partial charge < -0.3 is 0 Å². The molecule has 0 radical (unpaired) electrons. The van der Waals surface area contributed by atoms with Crippen molar-refractivity contribution in [3.63, 3.8) is 0 Å². The number of carbonyl (C=O) groups excluding carboxylic acids is 2. The highest BCUT2D eigenvalue weighted by Gasteiger charge is 2.38. The average Bonchev–Trinajstić information content (AvgIpc) is 2.77. The van der Waals surface area contributed by atoms with Gasteiger partial charge in [0.2, 0.25) is 5.78 Å². The Bertz CT molecular complexity index is 705. The van der Waals surface area contributed by atoms with Crippen LogP contribution in [0.15, 0.2) is 64.1 Å². The molecule has 20 heavy (non-hydrogen) atoms. The Kier molecular flexibility index (Phi) is 3.32. The van der Waals surface area contributed by atoms with E-state index in [1.54, 1.807) is 0 Å². The lowest BCUT2D eigenvalue weighted by Crippen LogP contribution is -2.19. The SMILES string of the molecule is O=C1N=C(c2ccc(Br)cc2)C(c2ccccc2)C1=O. The van der Waals surface area contributed by atoms with Crippen LogP contribution in [0.2, 0.25) is 0 Å². The monoisotopic (exact) mass is 327 g/mol. The van der Waals surface area contributed by atoms with Crippen molar-refractivity contribution in [2.75, 3.05) is 0 Å². The first-order chi connectivity index (χ1) is 9.66. The lowest BCUT2D eigenvalue weighted by Gasteiger charge is -2.11. The minimum atomic E-state index is -0.670. The Labute approximate surface area is 124 Å². The minimum Gasteiger partial charge on any atom is -0.287 e. The third-order valence-electron chi connectivity index (χ3n) is 3.24. The van der Waals surface area contributed by atoms with Crippen LogP contribution in [-0.2, 0) is 9.59 Å². The molecule has 1 amide bonds. The van der Waals surface area contributed by atoms with Crippen molar-refractivity contribution in [3.8, 4) is 0 Å². The number of benzene rings is 2. The second-order valence-electron chi connectivity index (χ2n) is 4.52. The molecule has 0 saturated heterocycles. The van der Waals surface area contributed by atoms with Crippen LogP contribution in [0.4, 0.5) is 0 Å². The molecular weight excluding hydrogens is 318 g/mol. The smallest absolute Gasteiger partial charge is 0.287 e. The number of rotatable bonds is 2.